The molecule has 192 valence electrons. The molecule has 0 amide bonds. The van der Waals surface area contributed by atoms with Gasteiger partial charge in [-0.2, -0.15) is 4.39 Å². The van der Waals surface area contributed by atoms with Gasteiger partial charge in [0.05, 0.1) is 52.0 Å². The highest BCUT2D eigenvalue weighted by molar-refractivity contribution is 6.36. The maximum Gasteiger partial charge on any atom is 0.249 e. The predicted octanol–water partition coefficient (Wildman–Crippen LogP) is 4.97. The van der Waals surface area contributed by atoms with Gasteiger partial charge in [-0.15, -0.1) is 12.0 Å². The number of fused-ring (bicyclic) bond motifs is 1. The molecule has 4 N–H and O–H groups in total. The highest BCUT2D eigenvalue weighted by Crippen LogP contribution is 2.36. The first-order valence-corrected chi connectivity index (χ1v) is 11.7. The molecule has 12 heteroatoms. The van der Waals surface area contributed by atoms with Crippen molar-refractivity contribution in [1.82, 2.24) is 30.9 Å². The van der Waals surface area contributed by atoms with E-state index in [-0.39, 0.29) is 12.2 Å². The summed E-state index contributed by atoms with van der Waals surface area (Å²) in [6.45, 7) is -0.371. The van der Waals surface area contributed by atoms with Gasteiger partial charge in [0.15, 0.2) is 5.82 Å². The Kier molecular flexibility index (Phi) is 7.17. The Hall–Kier alpha value is -4.53. The number of pyridine rings is 3. The van der Waals surface area contributed by atoms with Crippen molar-refractivity contribution in [3.8, 4) is 12.3 Å². The SMILES string of the molecule is C#Cc1cnc2c(Cl)cc(N[C@H](C3=CN(CCF)NN3)c3cccnc3)cc2c1Nc1cnc(F)c(F)c1. The molecule has 4 heterocycles. The van der Waals surface area contributed by atoms with Gasteiger partial charge in [0, 0.05) is 41.9 Å². The molecular formula is C26H20ClF3N8. The van der Waals surface area contributed by atoms with Crippen molar-refractivity contribution in [2.75, 3.05) is 23.9 Å². The molecule has 0 saturated heterocycles. The van der Waals surface area contributed by atoms with E-state index in [1.807, 2.05) is 6.07 Å². The number of halogens is 4. The van der Waals surface area contributed by atoms with E-state index < -0.39 is 24.5 Å². The first-order chi connectivity index (χ1) is 18.5. The normalized spacial score (nSPS) is 13.6. The lowest BCUT2D eigenvalue weighted by Crippen LogP contribution is -2.38. The van der Waals surface area contributed by atoms with Crippen LogP contribution in [0.4, 0.5) is 30.2 Å². The largest absolute Gasteiger partial charge is 0.373 e. The standard InChI is InChI=1S/C26H20ClF3N8/c1-2-15-12-32-25-19(23(15)35-18-10-21(29)26(30)33-13-18)8-17(9-20(25)27)34-24(16-4-3-6-31-11-16)22-14-38(7-5-28)37-36-22/h1,3-4,6,8-14,24,34,36-37H,5,7H2,(H,32,35)/t24-/m0/s1. The number of aromatic nitrogens is 3. The van der Waals surface area contributed by atoms with Crippen LogP contribution in [0.5, 0.6) is 0 Å². The summed E-state index contributed by atoms with van der Waals surface area (Å²) in [5.74, 6) is 0.234. The number of hydrazine groups is 2. The minimum Gasteiger partial charge on any atom is -0.373 e. The molecule has 4 aromatic rings. The summed E-state index contributed by atoms with van der Waals surface area (Å²) < 4.78 is 40.1. The Morgan fingerprint density at radius 2 is 2.00 bits per heavy atom. The van der Waals surface area contributed by atoms with Crippen molar-refractivity contribution in [3.05, 3.63) is 94.9 Å². The minimum absolute atomic E-state index is 0.159. The van der Waals surface area contributed by atoms with E-state index in [0.717, 1.165) is 17.8 Å². The molecule has 1 aliphatic heterocycles. The monoisotopic (exact) mass is 536 g/mol. The summed E-state index contributed by atoms with van der Waals surface area (Å²) >= 11 is 6.62. The summed E-state index contributed by atoms with van der Waals surface area (Å²) in [6, 6.07) is 7.75. The Balaban J connectivity index is 1.58. The number of benzene rings is 1. The second-order valence-corrected chi connectivity index (χ2v) is 8.64. The first-order valence-electron chi connectivity index (χ1n) is 11.4. The van der Waals surface area contributed by atoms with Gasteiger partial charge >= 0.3 is 0 Å². The molecule has 0 radical (unpaired) electrons. The zero-order valence-corrected chi connectivity index (χ0v) is 20.4. The molecular weight excluding hydrogens is 517 g/mol. The summed E-state index contributed by atoms with van der Waals surface area (Å²) in [5.41, 5.74) is 9.54. The van der Waals surface area contributed by atoms with Crippen LogP contribution in [0.2, 0.25) is 5.02 Å². The molecule has 1 aliphatic rings. The summed E-state index contributed by atoms with van der Waals surface area (Å²) in [7, 11) is 0. The maximum absolute atomic E-state index is 13.8. The zero-order valence-electron chi connectivity index (χ0n) is 19.6. The van der Waals surface area contributed by atoms with Crippen molar-refractivity contribution in [2.45, 2.75) is 6.04 Å². The van der Waals surface area contributed by atoms with Crippen molar-refractivity contribution >= 4 is 39.6 Å². The van der Waals surface area contributed by atoms with E-state index in [4.69, 9.17) is 18.0 Å². The van der Waals surface area contributed by atoms with E-state index in [2.05, 4.69) is 42.5 Å². The molecule has 0 aliphatic carbocycles. The van der Waals surface area contributed by atoms with Gasteiger partial charge in [0.25, 0.3) is 0 Å². The third-order valence-electron chi connectivity index (χ3n) is 5.75. The summed E-state index contributed by atoms with van der Waals surface area (Å²) in [6.07, 6.45) is 13.5. The lowest BCUT2D eigenvalue weighted by molar-refractivity contribution is 0.246. The number of alkyl halides is 1. The topological polar surface area (TPSA) is 90.0 Å². The molecule has 1 aromatic carbocycles. The quantitative estimate of drug-likeness (QED) is 0.185. The molecule has 8 nitrogen and oxygen atoms in total. The molecule has 0 unspecified atom stereocenters. The van der Waals surface area contributed by atoms with E-state index >= 15 is 0 Å². The molecule has 5 rings (SSSR count). The van der Waals surface area contributed by atoms with Crippen LogP contribution < -0.4 is 21.6 Å². The highest BCUT2D eigenvalue weighted by atomic mass is 35.5. The molecule has 0 fully saturated rings. The smallest absolute Gasteiger partial charge is 0.249 e. The van der Waals surface area contributed by atoms with E-state index in [0.29, 0.717) is 38.6 Å². The first kappa shape index (κ1) is 25.1. The van der Waals surface area contributed by atoms with Crippen LogP contribution in [0.3, 0.4) is 0 Å². The van der Waals surface area contributed by atoms with Crippen LogP contribution in [0.15, 0.2) is 67.0 Å². The van der Waals surface area contributed by atoms with Crippen LogP contribution in [-0.4, -0.2) is 33.2 Å². The Bertz CT molecular complexity index is 1560. The lowest BCUT2D eigenvalue weighted by Gasteiger charge is -2.22. The summed E-state index contributed by atoms with van der Waals surface area (Å²) in [4.78, 5) is 12.0. The molecule has 0 saturated carbocycles. The van der Waals surface area contributed by atoms with Gasteiger partial charge in [0.2, 0.25) is 5.95 Å². The predicted molar refractivity (Wildman–Crippen MR) is 140 cm³/mol. The van der Waals surface area contributed by atoms with Crippen molar-refractivity contribution in [3.63, 3.8) is 0 Å². The fourth-order valence-electron chi connectivity index (χ4n) is 4.00. The number of terminal acetylenes is 1. The van der Waals surface area contributed by atoms with Crippen LogP contribution in [0.25, 0.3) is 10.9 Å². The third kappa shape index (κ3) is 5.13. The van der Waals surface area contributed by atoms with Crippen LogP contribution in [0.1, 0.15) is 17.2 Å². The van der Waals surface area contributed by atoms with E-state index in [1.54, 1.807) is 41.8 Å². The molecule has 3 aromatic heterocycles. The van der Waals surface area contributed by atoms with Gasteiger partial charge in [0.1, 0.15) is 6.67 Å². The Labute approximate surface area is 220 Å². The van der Waals surface area contributed by atoms with Gasteiger partial charge < -0.3 is 16.1 Å². The maximum atomic E-state index is 13.8. The van der Waals surface area contributed by atoms with Gasteiger partial charge in [-0.3, -0.25) is 15.0 Å². The van der Waals surface area contributed by atoms with Crippen molar-refractivity contribution < 1.29 is 13.2 Å². The molecule has 38 heavy (non-hydrogen) atoms. The number of nitrogens with zero attached hydrogens (tertiary/aromatic N) is 4. The second kappa shape index (κ2) is 10.8. The fraction of sp³-hybridized carbons (Fsp3) is 0.115. The fourth-order valence-corrected chi connectivity index (χ4v) is 4.27. The number of rotatable bonds is 8. The van der Waals surface area contributed by atoms with Gasteiger partial charge in [-0.25, -0.2) is 13.8 Å². The van der Waals surface area contributed by atoms with E-state index in [1.165, 1.54) is 6.20 Å². The second-order valence-electron chi connectivity index (χ2n) is 8.23. The molecule has 1 atom stereocenters. The molecule has 0 bridgehead atoms. The molecule has 0 spiro atoms. The van der Waals surface area contributed by atoms with E-state index in [9.17, 15) is 13.2 Å². The Morgan fingerprint density at radius 3 is 2.74 bits per heavy atom. The zero-order chi connectivity index (χ0) is 26.6. The van der Waals surface area contributed by atoms with Crippen molar-refractivity contribution in [1.29, 1.82) is 0 Å². The van der Waals surface area contributed by atoms with Crippen LogP contribution in [-0.2, 0) is 0 Å². The van der Waals surface area contributed by atoms with Crippen LogP contribution >= 0.6 is 11.6 Å². The van der Waals surface area contributed by atoms with Gasteiger partial charge in [-0.1, -0.05) is 23.6 Å². The Morgan fingerprint density at radius 1 is 1.13 bits per heavy atom. The number of anilines is 3. The van der Waals surface area contributed by atoms with Gasteiger partial charge in [-0.05, 0) is 23.8 Å². The average Bonchev–Trinajstić information content (AvgIpc) is 3.38. The van der Waals surface area contributed by atoms with Crippen LogP contribution in [0, 0.1) is 24.1 Å². The number of hydrogen-bond donors (Lipinski definition) is 4. The highest BCUT2D eigenvalue weighted by Gasteiger charge is 2.23. The summed E-state index contributed by atoms with van der Waals surface area (Å²) in [5, 5.41) is 8.92. The number of hydrogen-bond acceptors (Lipinski definition) is 8. The third-order valence-corrected chi connectivity index (χ3v) is 6.04. The average molecular weight is 537 g/mol. The van der Waals surface area contributed by atoms with Crippen molar-refractivity contribution in [2.24, 2.45) is 0 Å². The minimum atomic E-state index is -1.21. The number of nitrogens with one attached hydrogen (secondary N) is 4. The lowest BCUT2D eigenvalue weighted by atomic mass is 10.0.